The predicted molar refractivity (Wildman–Crippen MR) is 184 cm³/mol. The first-order chi connectivity index (χ1) is 24.6. The van der Waals surface area contributed by atoms with Crippen molar-refractivity contribution in [1.29, 1.82) is 0 Å². The van der Waals surface area contributed by atoms with Crippen molar-refractivity contribution in [3.05, 3.63) is 90.2 Å². The molecule has 0 bridgehead atoms. The number of aromatic nitrogens is 2. The number of carbonyl (C=O) groups is 5. The Balaban J connectivity index is 0.988. The second-order valence-corrected chi connectivity index (χ2v) is 13.2. The molecule has 4 heterocycles. The van der Waals surface area contributed by atoms with Crippen molar-refractivity contribution < 1.29 is 33.8 Å². The maximum atomic E-state index is 13.2. The van der Waals surface area contributed by atoms with Gasteiger partial charge >= 0.3 is 0 Å². The van der Waals surface area contributed by atoms with Crippen LogP contribution in [0.2, 0.25) is 0 Å². The molecule has 14 heteroatoms. The summed E-state index contributed by atoms with van der Waals surface area (Å²) in [4.78, 5) is 66.5. The Morgan fingerprint density at radius 2 is 1.73 bits per heavy atom. The molecule has 4 aliphatic rings. The number of benzene rings is 2. The molecule has 3 saturated heterocycles. The number of piperidine rings is 2. The highest BCUT2D eigenvalue weighted by atomic mass is 16.5. The molecule has 51 heavy (non-hydrogen) atoms. The zero-order chi connectivity index (χ0) is 35.7. The molecule has 14 nitrogen and oxygen atoms in total. The third kappa shape index (κ3) is 6.52. The molecular formula is C37H37N7O7. The predicted octanol–water partition coefficient (Wildman–Crippen LogP) is 1.96. The van der Waals surface area contributed by atoms with E-state index in [0.717, 1.165) is 16.2 Å². The maximum Gasteiger partial charge on any atom is 0.257 e. The number of rotatable bonds is 9. The maximum absolute atomic E-state index is 13.2. The van der Waals surface area contributed by atoms with E-state index in [0.29, 0.717) is 43.7 Å². The van der Waals surface area contributed by atoms with E-state index in [4.69, 9.17) is 10.5 Å². The van der Waals surface area contributed by atoms with Gasteiger partial charge in [-0.05, 0) is 55.2 Å². The van der Waals surface area contributed by atoms with E-state index in [1.165, 1.54) is 6.08 Å². The summed E-state index contributed by atoms with van der Waals surface area (Å²) in [5, 5.41) is 24.0. The fourth-order valence-corrected chi connectivity index (χ4v) is 7.35. The van der Waals surface area contributed by atoms with E-state index >= 15 is 0 Å². The number of fused-ring (bicyclic) bond motifs is 1. The number of imide groups is 2. The van der Waals surface area contributed by atoms with E-state index in [1.54, 1.807) is 30.4 Å². The number of nitrogens with two attached hydrogens (primary N) is 1. The third-order valence-corrected chi connectivity index (χ3v) is 10.2. The first-order valence-electron chi connectivity index (χ1n) is 16.9. The van der Waals surface area contributed by atoms with Gasteiger partial charge in [0.25, 0.3) is 5.91 Å². The largest absolute Gasteiger partial charge is 0.507 e. The van der Waals surface area contributed by atoms with E-state index < -0.39 is 41.5 Å². The van der Waals surface area contributed by atoms with Crippen LogP contribution in [0, 0.1) is 11.8 Å². The van der Waals surface area contributed by atoms with Crippen molar-refractivity contribution in [3.63, 3.8) is 0 Å². The van der Waals surface area contributed by atoms with Crippen molar-refractivity contribution >= 4 is 41.0 Å². The van der Waals surface area contributed by atoms with Gasteiger partial charge in [0, 0.05) is 37.0 Å². The average molecular weight is 692 g/mol. The second kappa shape index (κ2) is 13.7. The highest BCUT2D eigenvalue weighted by Crippen LogP contribution is 2.39. The highest BCUT2D eigenvalue weighted by molar-refractivity contribution is 6.12. The summed E-state index contributed by atoms with van der Waals surface area (Å²) in [6, 6.07) is 17.7. The van der Waals surface area contributed by atoms with Crippen molar-refractivity contribution in [2.24, 2.45) is 11.8 Å². The molecule has 3 aliphatic heterocycles. The van der Waals surface area contributed by atoms with Crippen molar-refractivity contribution in [1.82, 2.24) is 25.7 Å². The lowest BCUT2D eigenvalue weighted by molar-refractivity contribution is -0.151. The van der Waals surface area contributed by atoms with Crippen LogP contribution in [-0.4, -0.2) is 82.0 Å². The summed E-state index contributed by atoms with van der Waals surface area (Å²) in [5.41, 5.74) is 8.79. The average Bonchev–Trinajstić information content (AvgIpc) is 3.39. The first-order valence-corrected chi connectivity index (χ1v) is 16.9. The minimum Gasteiger partial charge on any atom is -0.507 e. The van der Waals surface area contributed by atoms with Crippen molar-refractivity contribution in [3.8, 4) is 17.0 Å². The third-order valence-electron chi connectivity index (χ3n) is 10.2. The van der Waals surface area contributed by atoms with Crippen LogP contribution < -0.4 is 21.3 Å². The van der Waals surface area contributed by atoms with E-state index in [1.807, 2.05) is 30.3 Å². The number of phenolic OH excluding ortho intramolecular Hbond substituents is 1. The summed E-state index contributed by atoms with van der Waals surface area (Å²) in [6.45, 7) is 1.30. The van der Waals surface area contributed by atoms with Crippen LogP contribution in [0.5, 0.6) is 5.75 Å². The van der Waals surface area contributed by atoms with Gasteiger partial charge in [0.1, 0.15) is 17.6 Å². The zero-order valence-corrected chi connectivity index (χ0v) is 27.7. The molecule has 0 saturated carbocycles. The number of phenols is 1. The van der Waals surface area contributed by atoms with Gasteiger partial charge in [-0.15, -0.1) is 10.2 Å². The minimum atomic E-state index is -1.03. The van der Waals surface area contributed by atoms with Gasteiger partial charge in [-0.1, -0.05) is 48.5 Å². The van der Waals surface area contributed by atoms with E-state index in [9.17, 15) is 29.1 Å². The lowest BCUT2D eigenvalue weighted by Gasteiger charge is -2.43. The molecule has 3 unspecified atom stereocenters. The fraction of sp³-hybridized carbons (Fsp3) is 0.324. The molecule has 0 spiro atoms. The normalized spacial score (nSPS) is 22.7. The first kappa shape index (κ1) is 33.4. The molecule has 0 radical (unpaired) electrons. The number of anilines is 2. The van der Waals surface area contributed by atoms with Crippen LogP contribution in [0.4, 0.5) is 11.5 Å². The molecule has 7 rings (SSSR count). The molecule has 3 aromatic rings. The second-order valence-electron chi connectivity index (χ2n) is 13.2. The molecule has 1 aromatic heterocycles. The van der Waals surface area contributed by atoms with E-state index in [2.05, 4.69) is 37.9 Å². The highest BCUT2D eigenvalue weighted by Gasteiger charge is 2.51. The molecule has 2 aromatic carbocycles. The topological polar surface area (TPSA) is 197 Å². The Kier molecular flexibility index (Phi) is 8.98. The van der Waals surface area contributed by atoms with Gasteiger partial charge in [-0.2, -0.15) is 0 Å². The SMILES string of the molecule is Nc1nnc(-c2ccccc2O)cc1N1CCC(CNC(=O)COC2=CC3C(=O)N(C4CCC(=O)NC4=O)C(=O)C3C=C2)(c2ccccc2)CC1. The van der Waals surface area contributed by atoms with Gasteiger partial charge in [-0.25, -0.2) is 0 Å². The lowest BCUT2D eigenvalue weighted by Crippen LogP contribution is -2.54. The monoisotopic (exact) mass is 691 g/mol. The zero-order valence-electron chi connectivity index (χ0n) is 27.7. The summed E-state index contributed by atoms with van der Waals surface area (Å²) < 4.78 is 5.78. The number of nitrogens with zero attached hydrogens (tertiary/aromatic N) is 4. The van der Waals surface area contributed by atoms with Gasteiger partial charge in [0.15, 0.2) is 12.4 Å². The standard InChI is InChI=1S/C37H37N7O7/c38-33-29(19-27(41-42-33)25-8-4-5-9-30(25)45)43-16-14-37(15-17-43,22-6-2-1-3-7-22)21-39-32(47)20-51-23-10-11-24-26(18-23)36(50)44(35(24)49)28-12-13-31(46)40-34(28)48/h1-11,18-19,24,26,28,45H,12-17,20-21H2,(H2,38,42)(H,39,47)(H,40,46,48). The minimum absolute atomic E-state index is 0.0420. The smallest absolute Gasteiger partial charge is 0.257 e. The van der Waals surface area contributed by atoms with Crippen LogP contribution in [-0.2, 0) is 34.1 Å². The Hall–Kier alpha value is -6.05. The lowest BCUT2D eigenvalue weighted by atomic mass is 9.72. The number of carbonyl (C=O) groups excluding carboxylic acids is 5. The Morgan fingerprint density at radius 3 is 2.47 bits per heavy atom. The summed E-state index contributed by atoms with van der Waals surface area (Å²) in [5.74, 6) is -3.47. The summed E-state index contributed by atoms with van der Waals surface area (Å²) in [6.07, 6.45) is 6.13. The number of hydrogen-bond acceptors (Lipinski definition) is 11. The number of amides is 5. The van der Waals surface area contributed by atoms with Crippen LogP contribution >= 0.6 is 0 Å². The number of nitrogens with one attached hydrogen (secondary N) is 2. The summed E-state index contributed by atoms with van der Waals surface area (Å²) in [7, 11) is 0. The number of nitrogen functional groups attached to an aromatic ring is 1. The molecule has 3 atom stereocenters. The number of ether oxygens (including phenoxy) is 1. The van der Waals surface area contributed by atoms with Crippen LogP contribution in [0.15, 0.2) is 84.7 Å². The number of hydrogen-bond donors (Lipinski definition) is 4. The molecule has 1 aliphatic carbocycles. The molecule has 5 N–H and O–H groups in total. The summed E-state index contributed by atoms with van der Waals surface area (Å²) >= 11 is 0. The van der Waals surface area contributed by atoms with Gasteiger partial charge in [-0.3, -0.25) is 34.2 Å². The number of likely N-dealkylation sites (tertiary alicyclic amines) is 1. The Morgan fingerprint density at radius 1 is 1.00 bits per heavy atom. The molecule has 262 valence electrons. The Bertz CT molecular complexity index is 1960. The molecular weight excluding hydrogens is 654 g/mol. The van der Waals surface area contributed by atoms with Gasteiger partial charge < -0.3 is 25.8 Å². The molecule has 3 fully saturated rings. The van der Waals surface area contributed by atoms with Crippen LogP contribution in [0.1, 0.15) is 31.2 Å². The van der Waals surface area contributed by atoms with Crippen molar-refractivity contribution in [2.75, 3.05) is 36.9 Å². The van der Waals surface area contributed by atoms with Gasteiger partial charge in [0.05, 0.1) is 23.2 Å². The number of para-hydroxylation sites is 1. The quantitative estimate of drug-likeness (QED) is 0.240. The fourth-order valence-electron chi connectivity index (χ4n) is 7.35. The molecule has 5 amide bonds. The van der Waals surface area contributed by atoms with E-state index in [-0.39, 0.29) is 48.1 Å². The van der Waals surface area contributed by atoms with Gasteiger partial charge in [0.2, 0.25) is 23.6 Å². The number of allylic oxidation sites excluding steroid dienone is 1. The van der Waals surface area contributed by atoms with Crippen LogP contribution in [0.25, 0.3) is 11.3 Å². The van der Waals surface area contributed by atoms with Crippen molar-refractivity contribution in [2.45, 2.75) is 37.1 Å². The Labute approximate surface area is 293 Å². The van der Waals surface area contributed by atoms with Crippen LogP contribution in [0.3, 0.4) is 0 Å². The number of aromatic hydroxyl groups is 1.